The van der Waals surface area contributed by atoms with E-state index in [1.54, 1.807) is 0 Å². The molecule has 0 aromatic carbocycles. The molecule has 0 aromatic rings. The number of aliphatic carboxylic acids is 4. The van der Waals surface area contributed by atoms with Gasteiger partial charge in [-0.15, -0.1) is 0 Å². The molecule has 0 saturated heterocycles. The van der Waals surface area contributed by atoms with Gasteiger partial charge in [0.1, 0.15) is 0 Å². The molecule has 0 unspecified atom stereocenters. The second-order valence-corrected chi connectivity index (χ2v) is 2.49. The summed E-state index contributed by atoms with van der Waals surface area (Å²) < 4.78 is 0. The van der Waals surface area contributed by atoms with Crippen molar-refractivity contribution in [2.75, 3.05) is 0 Å². The van der Waals surface area contributed by atoms with Crippen molar-refractivity contribution < 1.29 is 142 Å². The van der Waals surface area contributed by atoms with Crippen molar-refractivity contribution in [2.45, 2.75) is 25.7 Å². The first kappa shape index (κ1) is 32.8. The van der Waals surface area contributed by atoms with Crippen LogP contribution in [0.3, 0.4) is 0 Å². The van der Waals surface area contributed by atoms with Crippen LogP contribution in [-0.2, 0) is 19.2 Å². The van der Waals surface area contributed by atoms with Crippen LogP contribution in [0.4, 0.5) is 0 Å². The number of hydrogen-bond donors (Lipinski definition) is 0. The summed E-state index contributed by atoms with van der Waals surface area (Å²) in [4.78, 5) is 38.0. The quantitative estimate of drug-likeness (QED) is 0.432. The molecule has 0 aliphatic heterocycles. The van der Waals surface area contributed by atoms with Crippen molar-refractivity contribution in [1.29, 1.82) is 0 Å². The molecule has 0 heterocycles. The summed E-state index contributed by atoms with van der Waals surface area (Å²) in [6.07, 6.45) is -1.88. The first-order valence-electron chi connectivity index (χ1n) is 4.05. The molecule has 0 bridgehead atoms. The molecule has 0 radical (unpaired) electrons. The first-order chi connectivity index (χ1) is 7.25. The fraction of sp³-hybridized carbons (Fsp3) is 0.500. The number of hydrogen-bond acceptors (Lipinski definition) is 8. The van der Waals surface area contributed by atoms with E-state index in [2.05, 4.69) is 0 Å². The summed E-state index contributed by atoms with van der Waals surface area (Å²) in [7, 11) is 0. The van der Waals surface area contributed by atoms with Crippen LogP contribution in [0.15, 0.2) is 0 Å². The van der Waals surface area contributed by atoms with Crippen LogP contribution < -0.4 is 123 Å². The predicted octanol–water partition coefficient (Wildman–Crippen LogP) is -11.8. The maximum atomic E-state index is 9.50. The van der Waals surface area contributed by atoms with Gasteiger partial charge in [-0.2, -0.15) is 0 Å². The Labute approximate surface area is 210 Å². The summed E-state index contributed by atoms with van der Waals surface area (Å²) in [6.45, 7) is 0. The van der Waals surface area contributed by atoms with Gasteiger partial charge in [-0.1, -0.05) is 0 Å². The maximum absolute atomic E-state index is 9.50. The van der Waals surface area contributed by atoms with Gasteiger partial charge >= 0.3 is 126 Å². The number of carbonyl (C=O) groups excluding carboxylic acids is 4. The van der Waals surface area contributed by atoms with E-state index in [-0.39, 0.29) is 126 Å². The standard InChI is InChI=1S/2C4H6O4.2K.Mg/c2*5-3(6)1-2-4(7)8;;;/h2*1-2H2,(H,5,6)(H,7,8);;;/q;;2*+1;+2/p-4. The molecule has 0 aliphatic rings. The summed E-state index contributed by atoms with van der Waals surface area (Å²) in [5.41, 5.74) is 0. The largest absolute Gasteiger partial charge is 2.00 e. The Morgan fingerprint density at radius 2 is 0.632 bits per heavy atom. The fourth-order valence-electron chi connectivity index (χ4n) is 0.408. The van der Waals surface area contributed by atoms with E-state index in [9.17, 15) is 39.6 Å². The van der Waals surface area contributed by atoms with Gasteiger partial charge in [0.05, 0.1) is 0 Å². The van der Waals surface area contributed by atoms with Crippen molar-refractivity contribution in [2.24, 2.45) is 0 Å². The van der Waals surface area contributed by atoms with E-state index in [0.29, 0.717) is 0 Å². The molecule has 0 aliphatic carbocycles. The third-order valence-electron chi connectivity index (χ3n) is 1.07. The average molecular weight is 335 g/mol. The van der Waals surface area contributed by atoms with Gasteiger partial charge in [0.25, 0.3) is 0 Å². The molecule has 0 saturated carbocycles. The van der Waals surface area contributed by atoms with Crippen molar-refractivity contribution in [1.82, 2.24) is 0 Å². The van der Waals surface area contributed by atoms with Crippen LogP contribution in [0.2, 0.25) is 0 Å². The van der Waals surface area contributed by atoms with Crippen molar-refractivity contribution in [3.05, 3.63) is 0 Å². The van der Waals surface area contributed by atoms with Crippen LogP contribution in [0, 0.1) is 0 Å². The topological polar surface area (TPSA) is 161 Å². The van der Waals surface area contributed by atoms with Crippen molar-refractivity contribution in [3.63, 3.8) is 0 Å². The third-order valence-corrected chi connectivity index (χ3v) is 1.07. The molecule has 92 valence electrons. The van der Waals surface area contributed by atoms with Crippen LogP contribution in [0.5, 0.6) is 0 Å². The second kappa shape index (κ2) is 22.2. The molecule has 0 fully saturated rings. The molecular formula is C8H8K2MgO8. The number of carboxylic acids is 4. The Morgan fingerprint density at radius 1 is 0.526 bits per heavy atom. The summed E-state index contributed by atoms with van der Waals surface area (Å²) in [6, 6.07) is 0. The van der Waals surface area contributed by atoms with Gasteiger partial charge in [-0.25, -0.2) is 0 Å². The van der Waals surface area contributed by atoms with Crippen LogP contribution in [0.25, 0.3) is 0 Å². The molecule has 0 rings (SSSR count). The molecule has 19 heavy (non-hydrogen) atoms. The fourth-order valence-corrected chi connectivity index (χ4v) is 0.408. The van der Waals surface area contributed by atoms with Gasteiger partial charge in [-0.05, 0) is 25.7 Å². The molecule has 0 aromatic heterocycles. The SMILES string of the molecule is O=C([O-])CCC(=O)[O-].O=C([O-])CCC(=O)[O-].[K+].[K+].[Mg+2]. The Morgan fingerprint density at radius 3 is 0.684 bits per heavy atom. The Bertz CT molecular complexity index is 228. The molecule has 8 nitrogen and oxygen atoms in total. The number of rotatable bonds is 6. The zero-order valence-electron chi connectivity index (χ0n) is 10.8. The second-order valence-electron chi connectivity index (χ2n) is 2.49. The van der Waals surface area contributed by atoms with E-state index in [4.69, 9.17) is 0 Å². The van der Waals surface area contributed by atoms with E-state index < -0.39 is 49.6 Å². The van der Waals surface area contributed by atoms with Gasteiger partial charge in [0.2, 0.25) is 0 Å². The maximum Gasteiger partial charge on any atom is 2.00 e. The number of carboxylic acid groups (broad SMARTS) is 4. The van der Waals surface area contributed by atoms with Crippen LogP contribution in [-0.4, -0.2) is 46.9 Å². The van der Waals surface area contributed by atoms with E-state index in [1.807, 2.05) is 0 Å². The first-order valence-corrected chi connectivity index (χ1v) is 4.05. The van der Waals surface area contributed by atoms with Crippen LogP contribution in [0.1, 0.15) is 25.7 Å². The molecule has 0 amide bonds. The van der Waals surface area contributed by atoms with Gasteiger partial charge in [0, 0.05) is 23.9 Å². The summed E-state index contributed by atoms with van der Waals surface area (Å²) in [5, 5.41) is 38.0. The van der Waals surface area contributed by atoms with Crippen molar-refractivity contribution in [3.8, 4) is 0 Å². The summed E-state index contributed by atoms with van der Waals surface area (Å²) >= 11 is 0. The van der Waals surface area contributed by atoms with Crippen LogP contribution >= 0.6 is 0 Å². The Kier molecular flexibility index (Phi) is 38.3. The zero-order valence-corrected chi connectivity index (χ0v) is 18.5. The Hall–Kier alpha value is 1.92. The predicted molar refractivity (Wildman–Crippen MR) is 44.3 cm³/mol. The van der Waals surface area contributed by atoms with E-state index >= 15 is 0 Å². The van der Waals surface area contributed by atoms with E-state index in [1.165, 1.54) is 0 Å². The average Bonchev–Trinajstić information content (AvgIpc) is 2.12. The van der Waals surface area contributed by atoms with Gasteiger partial charge < -0.3 is 39.6 Å². The molecule has 0 spiro atoms. The summed E-state index contributed by atoms with van der Waals surface area (Å²) in [5.74, 6) is -5.47. The van der Waals surface area contributed by atoms with Crippen molar-refractivity contribution >= 4 is 46.9 Å². The minimum atomic E-state index is -1.37. The number of carbonyl (C=O) groups is 4. The third kappa shape index (κ3) is 45.0. The monoisotopic (exact) mass is 334 g/mol. The Balaban J connectivity index is -0.0000000594. The molecule has 11 heteroatoms. The van der Waals surface area contributed by atoms with Gasteiger partial charge in [0.15, 0.2) is 0 Å². The van der Waals surface area contributed by atoms with Gasteiger partial charge in [-0.3, -0.25) is 0 Å². The molecular weight excluding hydrogens is 327 g/mol. The van der Waals surface area contributed by atoms with E-state index in [0.717, 1.165) is 0 Å². The zero-order chi connectivity index (χ0) is 13.1. The normalized spacial score (nSPS) is 7.16. The molecule has 0 N–H and O–H groups in total. The minimum absolute atomic E-state index is 0. The smallest absolute Gasteiger partial charge is 0.550 e. The molecule has 0 atom stereocenters. The minimum Gasteiger partial charge on any atom is -0.550 e.